The second-order valence-corrected chi connectivity index (χ2v) is 5.68. The molecule has 0 radical (unpaired) electrons. The lowest BCUT2D eigenvalue weighted by molar-refractivity contribution is -0.149. The van der Waals surface area contributed by atoms with Gasteiger partial charge in [-0.05, 0) is 52.4 Å². The Morgan fingerprint density at radius 1 is 1.47 bits per heavy atom. The predicted octanol–water partition coefficient (Wildman–Crippen LogP) is 4.80. The Morgan fingerprint density at radius 2 is 2.26 bits per heavy atom. The SMILES string of the molecule is CCCCOC(=O)C1CCC=C(CCC=C(C)C)C1. The van der Waals surface area contributed by atoms with Gasteiger partial charge in [-0.3, -0.25) is 4.79 Å². The van der Waals surface area contributed by atoms with Gasteiger partial charge in [-0.2, -0.15) is 0 Å². The van der Waals surface area contributed by atoms with Crippen molar-refractivity contribution in [1.82, 2.24) is 0 Å². The number of ether oxygens (including phenoxy) is 1. The minimum atomic E-state index is 0.0151. The molecule has 0 heterocycles. The van der Waals surface area contributed by atoms with E-state index in [0.29, 0.717) is 6.61 Å². The molecule has 108 valence electrons. The van der Waals surface area contributed by atoms with Crippen molar-refractivity contribution < 1.29 is 9.53 Å². The van der Waals surface area contributed by atoms with Crippen molar-refractivity contribution in [3.63, 3.8) is 0 Å². The fourth-order valence-corrected chi connectivity index (χ4v) is 2.38. The Bertz CT molecular complexity index is 335. The molecule has 2 nitrogen and oxygen atoms in total. The molecule has 0 spiro atoms. The van der Waals surface area contributed by atoms with E-state index in [-0.39, 0.29) is 11.9 Å². The second-order valence-electron chi connectivity index (χ2n) is 5.68. The van der Waals surface area contributed by atoms with E-state index in [1.54, 1.807) is 0 Å². The van der Waals surface area contributed by atoms with Crippen LogP contribution < -0.4 is 0 Å². The van der Waals surface area contributed by atoms with Crippen LogP contribution >= 0.6 is 0 Å². The zero-order valence-corrected chi connectivity index (χ0v) is 12.7. The number of carbonyl (C=O) groups is 1. The van der Waals surface area contributed by atoms with Crippen LogP contribution in [0.5, 0.6) is 0 Å². The molecular weight excluding hydrogens is 236 g/mol. The van der Waals surface area contributed by atoms with Crippen LogP contribution in [0.3, 0.4) is 0 Å². The zero-order valence-electron chi connectivity index (χ0n) is 12.7. The molecule has 0 saturated carbocycles. The van der Waals surface area contributed by atoms with Crippen molar-refractivity contribution in [2.75, 3.05) is 6.61 Å². The quantitative estimate of drug-likeness (QED) is 0.375. The predicted molar refractivity (Wildman–Crippen MR) is 80.0 cm³/mol. The molecule has 1 aliphatic rings. The summed E-state index contributed by atoms with van der Waals surface area (Å²) in [6, 6.07) is 0. The maximum Gasteiger partial charge on any atom is 0.309 e. The highest BCUT2D eigenvalue weighted by Crippen LogP contribution is 2.28. The molecular formula is C17H28O2. The van der Waals surface area contributed by atoms with Crippen LogP contribution in [0, 0.1) is 5.92 Å². The van der Waals surface area contributed by atoms with Crippen LogP contribution in [-0.2, 0) is 9.53 Å². The summed E-state index contributed by atoms with van der Waals surface area (Å²) < 4.78 is 5.33. The first-order chi connectivity index (χ1) is 9.13. The number of allylic oxidation sites excluding steroid dienone is 4. The number of unbranched alkanes of at least 4 members (excludes halogenated alkanes) is 1. The number of rotatable bonds is 7. The fraction of sp³-hybridized carbons (Fsp3) is 0.706. The molecule has 0 aromatic carbocycles. The van der Waals surface area contributed by atoms with Crippen molar-refractivity contribution >= 4 is 5.97 Å². The van der Waals surface area contributed by atoms with Crippen molar-refractivity contribution in [3.8, 4) is 0 Å². The molecule has 0 fully saturated rings. The van der Waals surface area contributed by atoms with Gasteiger partial charge in [-0.15, -0.1) is 0 Å². The lowest BCUT2D eigenvalue weighted by Gasteiger charge is -2.21. The summed E-state index contributed by atoms with van der Waals surface area (Å²) in [5, 5.41) is 0. The first-order valence-electron chi connectivity index (χ1n) is 7.61. The minimum absolute atomic E-state index is 0.0151. The third-order valence-electron chi connectivity index (χ3n) is 3.55. The third-order valence-corrected chi connectivity index (χ3v) is 3.55. The van der Waals surface area contributed by atoms with Crippen LogP contribution in [0.4, 0.5) is 0 Å². The van der Waals surface area contributed by atoms with Crippen LogP contribution in [0.25, 0.3) is 0 Å². The summed E-state index contributed by atoms with van der Waals surface area (Å²) in [7, 11) is 0. The molecule has 1 unspecified atom stereocenters. The Kier molecular flexibility index (Phi) is 7.54. The van der Waals surface area contributed by atoms with Crippen molar-refractivity contribution in [2.24, 2.45) is 5.92 Å². The van der Waals surface area contributed by atoms with Gasteiger partial charge in [-0.1, -0.05) is 36.6 Å². The molecule has 0 aromatic heterocycles. The summed E-state index contributed by atoms with van der Waals surface area (Å²) in [6.07, 6.45) is 11.7. The molecule has 0 bridgehead atoms. The fourth-order valence-electron chi connectivity index (χ4n) is 2.38. The number of hydrogen-bond acceptors (Lipinski definition) is 2. The molecule has 19 heavy (non-hydrogen) atoms. The van der Waals surface area contributed by atoms with Crippen molar-refractivity contribution in [3.05, 3.63) is 23.3 Å². The van der Waals surface area contributed by atoms with Gasteiger partial charge in [0.05, 0.1) is 12.5 Å². The highest BCUT2D eigenvalue weighted by molar-refractivity contribution is 5.73. The first-order valence-corrected chi connectivity index (χ1v) is 7.61. The van der Waals surface area contributed by atoms with E-state index < -0.39 is 0 Å². The Labute approximate surface area is 117 Å². The van der Waals surface area contributed by atoms with Crippen molar-refractivity contribution in [2.45, 2.75) is 65.7 Å². The average molecular weight is 264 g/mol. The molecule has 1 atom stereocenters. The summed E-state index contributed by atoms with van der Waals surface area (Å²) in [6.45, 7) is 6.95. The molecule has 1 rings (SSSR count). The van der Waals surface area contributed by atoms with E-state index in [1.807, 2.05) is 0 Å². The van der Waals surface area contributed by atoms with E-state index in [1.165, 1.54) is 11.1 Å². The van der Waals surface area contributed by atoms with Gasteiger partial charge in [0.2, 0.25) is 0 Å². The van der Waals surface area contributed by atoms with E-state index in [4.69, 9.17) is 4.74 Å². The standard InChI is InChI=1S/C17H28O2/c1-4-5-12-19-17(18)16-11-7-10-15(13-16)9-6-8-14(2)3/h8,10,16H,4-7,9,11-13H2,1-3H3. The van der Waals surface area contributed by atoms with Gasteiger partial charge in [0.25, 0.3) is 0 Å². The highest BCUT2D eigenvalue weighted by Gasteiger charge is 2.23. The van der Waals surface area contributed by atoms with Gasteiger partial charge in [0.1, 0.15) is 0 Å². The highest BCUT2D eigenvalue weighted by atomic mass is 16.5. The second kappa shape index (κ2) is 8.95. The first kappa shape index (κ1) is 16.0. The molecule has 2 heteroatoms. The van der Waals surface area contributed by atoms with Crippen LogP contribution in [0.2, 0.25) is 0 Å². The van der Waals surface area contributed by atoms with Gasteiger partial charge >= 0.3 is 5.97 Å². The molecule has 1 aliphatic carbocycles. The third kappa shape index (κ3) is 6.60. The van der Waals surface area contributed by atoms with Crippen LogP contribution in [0.15, 0.2) is 23.3 Å². The molecule has 0 aliphatic heterocycles. The summed E-state index contributed by atoms with van der Waals surface area (Å²) in [4.78, 5) is 11.9. The van der Waals surface area contributed by atoms with Gasteiger partial charge in [0, 0.05) is 0 Å². The van der Waals surface area contributed by atoms with Gasteiger partial charge in [-0.25, -0.2) is 0 Å². The summed E-state index contributed by atoms with van der Waals surface area (Å²) in [5.74, 6) is 0.116. The van der Waals surface area contributed by atoms with Crippen molar-refractivity contribution in [1.29, 1.82) is 0 Å². The largest absolute Gasteiger partial charge is 0.465 e. The summed E-state index contributed by atoms with van der Waals surface area (Å²) in [5.41, 5.74) is 2.80. The van der Waals surface area contributed by atoms with Crippen LogP contribution in [0.1, 0.15) is 65.7 Å². The normalized spacial score (nSPS) is 18.7. The zero-order chi connectivity index (χ0) is 14.1. The van der Waals surface area contributed by atoms with E-state index >= 15 is 0 Å². The van der Waals surface area contributed by atoms with E-state index in [0.717, 1.165) is 44.9 Å². The topological polar surface area (TPSA) is 26.3 Å². The lowest BCUT2D eigenvalue weighted by Crippen LogP contribution is -2.21. The number of carbonyl (C=O) groups excluding carboxylic acids is 1. The van der Waals surface area contributed by atoms with E-state index in [2.05, 4.69) is 32.9 Å². The molecule has 0 amide bonds. The Balaban J connectivity index is 2.34. The minimum Gasteiger partial charge on any atom is -0.465 e. The maximum absolute atomic E-state index is 11.9. The van der Waals surface area contributed by atoms with Gasteiger partial charge in [0.15, 0.2) is 0 Å². The Morgan fingerprint density at radius 3 is 2.95 bits per heavy atom. The Hall–Kier alpha value is -1.05. The maximum atomic E-state index is 11.9. The number of esters is 1. The molecule has 0 N–H and O–H groups in total. The lowest BCUT2D eigenvalue weighted by atomic mass is 9.87. The molecule has 0 saturated heterocycles. The monoisotopic (exact) mass is 264 g/mol. The van der Waals surface area contributed by atoms with Gasteiger partial charge < -0.3 is 4.74 Å². The number of hydrogen-bond donors (Lipinski definition) is 0. The summed E-state index contributed by atoms with van der Waals surface area (Å²) >= 11 is 0. The smallest absolute Gasteiger partial charge is 0.309 e. The average Bonchev–Trinajstić information content (AvgIpc) is 2.39. The van der Waals surface area contributed by atoms with E-state index in [9.17, 15) is 4.79 Å². The van der Waals surface area contributed by atoms with Crippen LogP contribution in [-0.4, -0.2) is 12.6 Å². The molecule has 0 aromatic rings.